The average Bonchev–Trinajstić information content (AvgIpc) is 2.77. The van der Waals surface area contributed by atoms with E-state index in [0.717, 1.165) is 18.4 Å². The maximum atomic E-state index is 12.4. The fourth-order valence-electron chi connectivity index (χ4n) is 2.19. The van der Waals surface area contributed by atoms with Crippen LogP contribution in [0.3, 0.4) is 0 Å². The van der Waals surface area contributed by atoms with Gasteiger partial charge in [0.1, 0.15) is 0 Å². The summed E-state index contributed by atoms with van der Waals surface area (Å²) in [7, 11) is -3.37. The van der Waals surface area contributed by atoms with Crippen molar-refractivity contribution in [3.63, 3.8) is 0 Å². The number of benzene rings is 1. The second kappa shape index (κ2) is 4.96. The van der Waals surface area contributed by atoms with Crippen LogP contribution in [0.5, 0.6) is 0 Å². The summed E-state index contributed by atoms with van der Waals surface area (Å²) in [5, 5.41) is 0. The summed E-state index contributed by atoms with van der Waals surface area (Å²) in [5.74, 6) is 0.366. The van der Waals surface area contributed by atoms with Gasteiger partial charge >= 0.3 is 0 Å². The molecule has 1 aromatic rings. The van der Waals surface area contributed by atoms with Gasteiger partial charge in [0.2, 0.25) is 10.0 Å². The molecule has 17 heavy (non-hydrogen) atoms. The first-order valence-electron chi connectivity index (χ1n) is 5.70. The highest BCUT2D eigenvalue weighted by molar-refractivity contribution is 7.89. The van der Waals surface area contributed by atoms with Crippen LogP contribution in [0.2, 0.25) is 0 Å². The largest absolute Gasteiger partial charge is 0.243 e. The molecule has 1 fully saturated rings. The minimum Gasteiger partial charge on any atom is -0.207 e. The molecule has 1 aliphatic heterocycles. The van der Waals surface area contributed by atoms with Crippen LogP contribution < -0.4 is 0 Å². The standard InChI is InChI=1S/C12H16ClNO2S/c1-10-4-2-6-12(8-10)17(15,16)14-7-3-5-11(14)9-13/h2,4,6,8,11H,3,5,7,9H2,1H3/t11-/m0/s1. The SMILES string of the molecule is Cc1cccc(S(=O)(=O)N2CCC[C@H]2CCl)c1. The van der Waals surface area contributed by atoms with Crippen LogP contribution in [0.15, 0.2) is 29.2 Å². The van der Waals surface area contributed by atoms with Crippen LogP contribution in [-0.4, -0.2) is 31.2 Å². The summed E-state index contributed by atoms with van der Waals surface area (Å²) in [4.78, 5) is 0.370. The van der Waals surface area contributed by atoms with Crippen LogP contribution in [-0.2, 0) is 10.0 Å². The lowest BCUT2D eigenvalue weighted by Gasteiger charge is -2.22. The molecule has 0 aliphatic carbocycles. The molecule has 1 aliphatic rings. The number of sulfonamides is 1. The normalized spacial score (nSPS) is 21.9. The molecule has 0 aromatic heterocycles. The Balaban J connectivity index is 2.36. The second-order valence-electron chi connectivity index (χ2n) is 4.38. The van der Waals surface area contributed by atoms with Gasteiger partial charge in [-0.25, -0.2) is 8.42 Å². The molecule has 2 rings (SSSR count). The highest BCUT2D eigenvalue weighted by Crippen LogP contribution is 2.26. The minimum atomic E-state index is -3.37. The predicted molar refractivity (Wildman–Crippen MR) is 68.8 cm³/mol. The smallest absolute Gasteiger partial charge is 0.207 e. The quantitative estimate of drug-likeness (QED) is 0.793. The number of rotatable bonds is 3. The Morgan fingerprint density at radius 2 is 2.24 bits per heavy atom. The molecular weight excluding hydrogens is 258 g/mol. The summed E-state index contributed by atoms with van der Waals surface area (Å²) in [6.45, 7) is 2.47. The summed E-state index contributed by atoms with van der Waals surface area (Å²) < 4.78 is 26.4. The Hall–Kier alpha value is -0.580. The molecule has 0 saturated carbocycles. The van der Waals surface area contributed by atoms with E-state index in [1.165, 1.54) is 4.31 Å². The Kier molecular flexibility index (Phi) is 3.76. The lowest BCUT2D eigenvalue weighted by molar-refractivity contribution is 0.411. The first-order chi connectivity index (χ1) is 8.05. The van der Waals surface area contributed by atoms with E-state index in [0.29, 0.717) is 17.3 Å². The van der Waals surface area contributed by atoms with Crippen molar-refractivity contribution in [2.75, 3.05) is 12.4 Å². The van der Waals surface area contributed by atoms with Gasteiger partial charge in [0.15, 0.2) is 0 Å². The molecule has 1 heterocycles. The van der Waals surface area contributed by atoms with E-state index in [-0.39, 0.29) is 6.04 Å². The molecule has 1 atom stereocenters. The lowest BCUT2D eigenvalue weighted by Crippen LogP contribution is -2.36. The van der Waals surface area contributed by atoms with Gasteiger partial charge in [-0.2, -0.15) is 4.31 Å². The molecule has 94 valence electrons. The average molecular weight is 274 g/mol. The zero-order valence-corrected chi connectivity index (χ0v) is 11.3. The van der Waals surface area contributed by atoms with Gasteiger partial charge in [0.25, 0.3) is 0 Å². The van der Waals surface area contributed by atoms with Crippen molar-refractivity contribution < 1.29 is 8.42 Å². The molecular formula is C12H16ClNO2S. The molecule has 0 unspecified atom stereocenters. The van der Waals surface area contributed by atoms with E-state index in [1.807, 2.05) is 13.0 Å². The van der Waals surface area contributed by atoms with Gasteiger partial charge in [-0.15, -0.1) is 11.6 Å². The van der Waals surface area contributed by atoms with Gasteiger partial charge < -0.3 is 0 Å². The van der Waals surface area contributed by atoms with E-state index in [1.54, 1.807) is 18.2 Å². The molecule has 0 amide bonds. The summed E-state index contributed by atoms with van der Waals surface area (Å²) >= 11 is 5.82. The van der Waals surface area contributed by atoms with E-state index < -0.39 is 10.0 Å². The van der Waals surface area contributed by atoms with Crippen molar-refractivity contribution in [1.29, 1.82) is 0 Å². The van der Waals surface area contributed by atoms with Gasteiger partial charge in [-0.1, -0.05) is 12.1 Å². The van der Waals surface area contributed by atoms with Crippen LogP contribution in [0.1, 0.15) is 18.4 Å². The number of hydrogen-bond donors (Lipinski definition) is 0. The Labute approximate surface area is 107 Å². The fourth-order valence-corrected chi connectivity index (χ4v) is 4.39. The van der Waals surface area contributed by atoms with Crippen LogP contribution in [0.4, 0.5) is 0 Å². The molecule has 0 spiro atoms. The molecule has 0 bridgehead atoms. The van der Waals surface area contributed by atoms with E-state index in [4.69, 9.17) is 11.6 Å². The van der Waals surface area contributed by atoms with Crippen molar-refractivity contribution in [2.24, 2.45) is 0 Å². The summed E-state index contributed by atoms with van der Waals surface area (Å²) in [5.41, 5.74) is 0.952. The Morgan fingerprint density at radius 3 is 2.88 bits per heavy atom. The highest BCUT2D eigenvalue weighted by Gasteiger charge is 2.34. The van der Waals surface area contributed by atoms with Crippen molar-refractivity contribution in [1.82, 2.24) is 4.31 Å². The van der Waals surface area contributed by atoms with Gasteiger partial charge in [0.05, 0.1) is 4.90 Å². The van der Waals surface area contributed by atoms with Crippen molar-refractivity contribution in [2.45, 2.75) is 30.7 Å². The van der Waals surface area contributed by atoms with Crippen molar-refractivity contribution in [3.8, 4) is 0 Å². The molecule has 0 N–H and O–H groups in total. The van der Waals surface area contributed by atoms with Crippen LogP contribution in [0.25, 0.3) is 0 Å². The third-order valence-corrected chi connectivity index (χ3v) is 5.40. The van der Waals surface area contributed by atoms with Crippen LogP contribution in [0, 0.1) is 6.92 Å². The first-order valence-corrected chi connectivity index (χ1v) is 7.67. The zero-order chi connectivity index (χ0) is 12.5. The van der Waals surface area contributed by atoms with Crippen LogP contribution >= 0.6 is 11.6 Å². The number of halogens is 1. The molecule has 1 saturated heterocycles. The zero-order valence-electron chi connectivity index (χ0n) is 9.77. The van der Waals surface area contributed by atoms with Gasteiger partial charge in [-0.3, -0.25) is 0 Å². The third kappa shape index (κ3) is 2.49. The highest BCUT2D eigenvalue weighted by atomic mass is 35.5. The van der Waals surface area contributed by atoms with Crippen molar-refractivity contribution in [3.05, 3.63) is 29.8 Å². The van der Waals surface area contributed by atoms with E-state index in [2.05, 4.69) is 0 Å². The molecule has 5 heteroatoms. The monoisotopic (exact) mass is 273 g/mol. The second-order valence-corrected chi connectivity index (χ2v) is 6.58. The Morgan fingerprint density at radius 1 is 1.47 bits per heavy atom. The van der Waals surface area contributed by atoms with Crippen molar-refractivity contribution >= 4 is 21.6 Å². The maximum Gasteiger partial charge on any atom is 0.243 e. The molecule has 3 nitrogen and oxygen atoms in total. The van der Waals surface area contributed by atoms with E-state index in [9.17, 15) is 8.42 Å². The first kappa shape index (κ1) is 12.9. The maximum absolute atomic E-state index is 12.4. The number of alkyl halides is 1. The fraction of sp³-hybridized carbons (Fsp3) is 0.500. The predicted octanol–water partition coefficient (Wildman–Crippen LogP) is 2.39. The number of hydrogen-bond acceptors (Lipinski definition) is 2. The van der Waals surface area contributed by atoms with Gasteiger partial charge in [-0.05, 0) is 37.5 Å². The summed E-state index contributed by atoms with van der Waals surface area (Å²) in [6, 6.07) is 6.96. The summed E-state index contributed by atoms with van der Waals surface area (Å²) in [6.07, 6.45) is 1.75. The molecule has 0 radical (unpaired) electrons. The topological polar surface area (TPSA) is 37.4 Å². The van der Waals surface area contributed by atoms with Gasteiger partial charge in [0, 0.05) is 18.5 Å². The third-order valence-electron chi connectivity index (χ3n) is 3.10. The number of aryl methyl sites for hydroxylation is 1. The molecule has 1 aromatic carbocycles. The Bertz CT molecular complexity index is 501. The minimum absolute atomic E-state index is 0.0535. The van der Waals surface area contributed by atoms with E-state index >= 15 is 0 Å². The number of nitrogens with zero attached hydrogens (tertiary/aromatic N) is 1. The lowest BCUT2D eigenvalue weighted by atomic mass is 10.2.